The van der Waals surface area contributed by atoms with Crippen molar-refractivity contribution in [3.8, 4) is 0 Å². The molecule has 2 heteroatoms. The maximum atomic E-state index is 9.76. The van der Waals surface area contributed by atoms with Crippen LogP contribution in [0.5, 0.6) is 0 Å². The van der Waals surface area contributed by atoms with E-state index >= 15 is 0 Å². The van der Waals surface area contributed by atoms with Gasteiger partial charge in [-0.25, -0.2) is 0 Å². The fraction of sp³-hybridized carbons (Fsp3) is 0.571. The summed E-state index contributed by atoms with van der Waals surface area (Å²) >= 11 is 0. The van der Waals surface area contributed by atoms with Crippen LogP contribution in [0.25, 0.3) is 0 Å². The molecule has 1 aliphatic carbocycles. The molecule has 2 rings (SSSR count). The Hall–Kier alpha value is -0.860. The minimum Gasteiger partial charge on any atom is -0.390 e. The van der Waals surface area contributed by atoms with Crippen LogP contribution in [0, 0.1) is 0 Å². The lowest BCUT2D eigenvalue weighted by Gasteiger charge is -2.31. The third-order valence-corrected chi connectivity index (χ3v) is 3.37. The van der Waals surface area contributed by atoms with Gasteiger partial charge in [-0.05, 0) is 22.1 Å². The molecule has 0 aliphatic heterocycles. The zero-order valence-electron chi connectivity index (χ0n) is 10.2. The first kappa shape index (κ1) is 11.6. The molecule has 0 saturated carbocycles. The van der Waals surface area contributed by atoms with Crippen LogP contribution in [0.15, 0.2) is 18.2 Å². The first-order valence-corrected chi connectivity index (χ1v) is 5.87. The van der Waals surface area contributed by atoms with Crippen molar-refractivity contribution in [3.63, 3.8) is 0 Å². The van der Waals surface area contributed by atoms with Gasteiger partial charge in [-0.1, -0.05) is 39.0 Å². The molecule has 0 aromatic heterocycles. The molecule has 0 fully saturated rings. The van der Waals surface area contributed by atoms with Crippen molar-refractivity contribution in [1.29, 1.82) is 0 Å². The highest BCUT2D eigenvalue weighted by atomic mass is 16.3. The van der Waals surface area contributed by atoms with Crippen molar-refractivity contribution in [2.24, 2.45) is 0 Å². The molecular formula is C14H20O2. The van der Waals surface area contributed by atoms with E-state index in [4.69, 9.17) is 0 Å². The molecule has 2 nitrogen and oxygen atoms in total. The van der Waals surface area contributed by atoms with Gasteiger partial charge < -0.3 is 10.2 Å². The average molecular weight is 220 g/mol. The van der Waals surface area contributed by atoms with Gasteiger partial charge in [0.05, 0.1) is 12.2 Å². The fourth-order valence-electron chi connectivity index (χ4n) is 2.48. The van der Waals surface area contributed by atoms with Crippen molar-refractivity contribution in [1.82, 2.24) is 0 Å². The number of aliphatic hydroxyl groups is 2. The molecule has 0 spiro atoms. The maximum Gasteiger partial charge on any atom is 0.0842 e. The van der Waals surface area contributed by atoms with Crippen LogP contribution in [-0.4, -0.2) is 22.4 Å². The van der Waals surface area contributed by atoms with Crippen LogP contribution in [0.2, 0.25) is 0 Å². The molecule has 2 atom stereocenters. The van der Waals surface area contributed by atoms with E-state index in [1.54, 1.807) is 0 Å². The van der Waals surface area contributed by atoms with Gasteiger partial charge in [0.15, 0.2) is 0 Å². The van der Waals surface area contributed by atoms with Crippen molar-refractivity contribution in [2.45, 2.75) is 51.2 Å². The summed E-state index contributed by atoms with van der Waals surface area (Å²) in [4.78, 5) is 0. The lowest BCUT2D eigenvalue weighted by atomic mass is 9.77. The van der Waals surface area contributed by atoms with Crippen LogP contribution in [0.1, 0.15) is 37.5 Å². The highest BCUT2D eigenvalue weighted by Crippen LogP contribution is 2.32. The fourth-order valence-corrected chi connectivity index (χ4v) is 2.48. The van der Waals surface area contributed by atoms with Crippen molar-refractivity contribution in [2.75, 3.05) is 0 Å². The van der Waals surface area contributed by atoms with Crippen LogP contribution >= 0.6 is 0 Å². The SMILES string of the molecule is CC(C)(C)c1cccc2c1CC(O)C(O)C2. The van der Waals surface area contributed by atoms with Crippen molar-refractivity contribution in [3.05, 3.63) is 34.9 Å². The molecule has 2 N–H and O–H groups in total. The van der Waals surface area contributed by atoms with Crippen molar-refractivity contribution >= 4 is 0 Å². The molecule has 0 heterocycles. The molecule has 2 unspecified atom stereocenters. The zero-order chi connectivity index (χ0) is 11.9. The number of hydrogen-bond acceptors (Lipinski definition) is 2. The Balaban J connectivity index is 2.48. The summed E-state index contributed by atoms with van der Waals surface area (Å²) in [6.45, 7) is 6.54. The van der Waals surface area contributed by atoms with E-state index in [9.17, 15) is 10.2 Å². The first-order chi connectivity index (χ1) is 7.39. The van der Waals surface area contributed by atoms with Gasteiger partial charge in [0.1, 0.15) is 0 Å². The summed E-state index contributed by atoms with van der Waals surface area (Å²) < 4.78 is 0. The molecule has 1 aromatic carbocycles. The molecule has 1 aliphatic rings. The van der Waals surface area contributed by atoms with E-state index in [2.05, 4.69) is 32.9 Å². The van der Waals surface area contributed by atoms with Gasteiger partial charge in [0.25, 0.3) is 0 Å². The second-order valence-electron chi connectivity index (χ2n) is 5.74. The normalized spacial score (nSPS) is 25.3. The number of benzene rings is 1. The third-order valence-electron chi connectivity index (χ3n) is 3.37. The van der Waals surface area contributed by atoms with E-state index in [0.717, 1.165) is 0 Å². The Morgan fingerprint density at radius 2 is 1.69 bits per heavy atom. The number of fused-ring (bicyclic) bond motifs is 1. The Morgan fingerprint density at radius 1 is 1.06 bits per heavy atom. The predicted octanol–water partition coefficient (Wildman–Crippen LogP) is 1.80. The molecule has 0 saturated heterocycles. The monoisotopic (exact) mass is 220 g/mol. The van der Waals surface area contributed by atoms with Gasteiger partial charge in [0.2, 0.25) is 0 Å². The number of aliphatic hydroxyl groups excluding tert-OH is 2. The minimum atomic E-state index is -0.615. The van der Waals surface area contributed by atoms with Gasteiger partial charge in [-0.3, -0.25) is 0 Å². The van der Waals surface area contributed by atoms with Crippen molar-refractivity contribution < 1.29 is 10.2 Å². The second-order valence-corrected chi connectivity index (χ2v) is 5.74. The largest absolute Gasteiger partial charge is 0.390 e. The quantitative estimate of drug-likeness (QED) is 0.700. The lowest BCUT2D eigenvalue weighted by Crippen LogP contribution is -2.36. The zero-order valence-corrected chi connectivity index (χ0v) is 10.2. The summed E-state index contributed by atoms with van der Waals surface area (Å²) in [6, 6.07) is 6.23. The highest BCUT2D eigenvalue weighted by Gasteiger charge is 2.29. The first-order valence-electron chi connectivity index (χ1n) is 5.87. The average Bonchev–Trinajstić information content (AvgIpc) is 2.17. The van der Waals surface area contributed by atoms with Crippen LogP contribution in [0.4, 0.5) is 0 Å². The molecule has 88 valence electrons. The van der Waals surface area contributed by atoms with E-state index < -0.39 is 12.2 Å². The standard InChI is InChI=1S/C14H20O2/c1-14(2,3)11-6-4-5-9-7-12(15)13(16)8-10(9)11/h4-6,12-13,15-16H,7-8H2,1-3H3. The van der Waals surface area contributed by atoms with Gasteiger partial charge in [-0.15, -0.1) is 0 Å². The van der Waals surface area contributed by atoms with E-state index in [1.807, 2.05) is 6.07 Å². The summed E-state index contributed by atoms with van der Waals surface area (Å²) in [5.41, 5.74) is 3.79. The lowest BCUT2D eigenvalue weighted by molar-refractivity contribution is 0.0138. The summed E-state index contributed by atoms with van der Waals surface area (Å²) in [6.07, 6.45) is -0.0802. The third kappa shape index (κ3) is 2.00. The number of rotatable bonds is 0. The van der Waals surface area contributed by atoms with Gasteiger partial charge in [0, 0.05) is 12.8 Å². The smallest absolute Gasteiger partial charge is 0.0842 e. The molecule has 0 radical (unpaired) electrons. The second kappa shape index (κ2) is 3.86. The molecule has 16 heavy (non-hydrogen) atoms. The highest BCUT2D eigenvalue weighted by molar-refractivity contribution is 5.41. The van der Waals surface area contributed by atoms with E-state index in [1.165, 1.54) is 16.7 Å². The predicted molar refractivity (Wildman–Crippen MR) is 64.6 cm³/mol. The van der Waals surface area contributed by atoms with Crippen LogP contribution < -0.4 is 0 Å². The minimum absolute atomic E-state index is 0.0906. The Bertz CT molecular complexity index is 390. The van der Waals surface area contributed by atoms with Crippen LogP contribution in [0.3, 0.4) is 0 Å². The number of hydrogen-bond donors (Lipinski definition) is 2. The summed E-state index contributed by atoms with van der Waals surface area (Å²) in [7, 11) is 0. The topological polar surface area (TPSA) is 40.5 Å². The Morgan fingerprint density at radius 3 is 2.31 bits per heavy atom. The molecular weight excluding hydrogens is 200 g/mol. The van der Waals surface area contributed by atoms with E-state index in [0.29, 0.717) is 12.8 Å². The van der Waals surface area contributed by atoms with Crippen LogP contribution in [-0.2, 0) is 18.3 Å². The Kier molecular flexibility index (Phi) is 2.81. The van der Waals surface area contributed by atoms with E-state index in [-0.39, 0.29) is 5.41 Å². The van der Waals surface area contributed by atoms with Gasteiger partial charge >= 0.3 is 0 Å². The molecule has 1 aromatic rings. The molecule has 0 bridgehead atoms. The summed E-state index contributed by atoms with van der Waals surface area (Å²) in [5, 5.41) is 19.4. The summed E-state index contributed by atoms with van der Waals surface area (Å²) in [5.74, 6) is 0. The maximum absolute atomic E-state index is 9.76. The Labute approximate surface area is 96.9 Å². The van der Waals surface area contributed by atoms with Gasteiger partial charge in [-0.2, -0.15) is 0 Å². The molecule has 0 amide bonds.